The summed E-state index contributed by atoms with van der Waals surface area (Å²) < 4.78 is 9.32. The van der Waals surface area contributed by atoms with Gasteiger partial charge in [0.05, 0.1) is 6.61 Å². The van der Waals surface area contributed by atoms with Crippen LogP contribution in [0.2, 0.25) is 0 Å². The molecule has 1 N–H and O–H groups in total. The SMILES string of the molecule is CCOC(=O)COC(=O)NN1CCCCC1. The predicted molar refractivity (Wildman–Crippen MR) is 56.5 cm³/mol. The summed E-state index contributed by atoms with van der Waals surface area (Å²) in [5.41, 5.74) is 2.58. The molecular formula is C10H18N2O4. The summed E-state index contributed by atoms with van der Waals surface area (Å²) in [5, 5.41) is 1.80. The first-order valence-electron chi connectivity index (χ1n) is 5.56. The minimum absolute atomic E-state index is 0.288. The summed E-state index contributed by atoms with van der Waals surface area (Å²) in [6, 6.07) is 0. The summed E-state index contributed by atoms with van der Waals surface area (Å²) in [6.45, 7) is 3.30. The van der Waals surface area contributed by atoms with Crippen molar-refractivity contribution in [3.8, 4) is 0 Å². The van der Waals surface area contributed by atoms with E-state index in [1.165, 1.54) is 6.42 Å². The van der Waals surface area contributed by atoms with Crippen molar-refractivity contribution in [3.05, 3.63) is 0 Å². The zero-order valence-corrected chi connectivity index (χ0v) is 9.53. The number of hydrogen-bond acceptors (Lipinski definition) is 5. The number of piperidine rings is 1. The Balaban J connectivity index is 2.12. The van der Waals surface area contributed by atoms with Gasteiger partial charge in [-0.1, -0.05) is 6.42 Å². The summed E-state index contributed by atoms with van der Waals surface area (Å²) in [5.74, 6) is -0.531. The highest BCUT2D eigenvalue weighted by Gasteiger charge is 2.14. The number of carbonyl (C=O) groups is 2. The molecule has 0 aromatic carbocycles. The van der Waals surface area contributed by atoms with Gasteiger partial charge in [-0.2, -0.15) is 0 Å². The normalized spacial score (nSPS) is 16.6. The average molecular weight is 230 g/mol. The highest BCUT2D eigenvalue weighted by atomic mass is 16.6. The van der Waals surface area contributed by atoms with E-state index >= 15 is 0 Å². The quantitative estimate of drug-likeness (QED) is 0.719. The maximum Gasteiger partial charge on any atom is 0.422 e. The highest BCUT2D eigenvalue weighted by Crippen LogP contribution is 2.05. The van der Waals surface area contributed by atoms with Crippen molar-refractivity contribution >= 4 is 12.1 Å². The molecule has 0 aliphatic carbocycles. The van der Waals surface area contributed by atoms with E-state index in [4.69, 9.17) is 4.74 Å². The van der Waals surface area contributed by atoms with Gasteiger partial charge in [-0.05, 0) is 19.8 Å². The van der Waals surface area contributed by atoms with Crippen molar-refractivity contribution in [2.24, 2.45) is 0 Å². The maximum atomic E-state index is 11.2. The fraction of sp³-hybridized carbons (Fsp3) is 0.800. The molecule has 1 rings (SSSR count). The first-order valence-corrected chi connectivity index (χ1v) is 5.56. The third-order valence-electron chi connectivity index (χ3n) is 2.23. The lowest BCUT2D eigenvalue weighted by Gasteiger charge is -2.26. The molecule has 1 fully saturated rings. The molecule has 0 radical (unpaired) electrons. The number of esters is 1. The molecule has 1 saturated heterocycles. The van der Waals surface area contributed by atoms with E-state index in [0.717, 1.165) is 25.9 Å². The Morgan fingerprint density at radius 2 is 1.88 bits per heavy atom. The van der Waals surface area contributed by atoms with Gasteiger partial charge >= 0.3 is 12.1 Å². The maximum absolute atomic E-state index is 11.2. The monoisotopic (exact) mass is 230 g/mol. The largest absolute Gasteiger partial charge is 0.463 e. The van der Waals surface area contributed by atoms with Crippen molar-refractivity contribution in [2.75, 3.05) is 26.3 Å². The van der Waals surface area contributed by atoms with Gasteiger partial charge in [-0.15, -0.1) is 0 Å². The molecule has 0 aromatic rings. The summed E-state index contributed by atoms with van der Waals surface area (Å²) >= 11 is 0. The predicted octanol–water partition coefficient (Wildman–Crippen LogP) is 0.677. The van der Waals surface area contributed by atoms with Crippen molar-refractivity contribution in [2.45, 2.75) is 26.2 Å². The third-order valence-corrected chi connectivity index (χ3v) is 2.23. The molecule has 6 nitrogen and oxygen atoms in total. The first kappa shape index (κ1) is 12.8. The van der Waals surface area contributed by atoms with E-state index in [1.807, 2.05) is 0 Å². The second-order valence-electron chi connectivity index (χ2n) is 3.54. The molecule has 6 heteroatoms. The number of ether oxygens (including phenoxy) is 2. The first-order chi connectivity index (χ1) is 7.72. The molecule has 0 atom stereocenters. The van der Waals surface area contributed by atoms with Gasteiger partial charge in [0.1, 0.15) is 0 Å². The molecule has 0 saturated carbocycles. The number of nitrogens with zero attached hydrogens (tertiary/aromatic N) is 1. The van der Waals surface area contributed by atoms with Crippen LogP contribution >= 0.6 is 0 Å². The Kier molecular flexibility index (Phi) is 5.63. The number of rotatable bonds is 4. The summed E-state index contributed by atoms with van der Waals surface area (Å²) in [6.07, 6.45) is 2.72. The smallest absolute Gasteiger partial charge is 0.422 e. The van der Waals surface area contributed by atoms with Crippen LogP contribution in [0.4, 0.5) is 4.79 Å². The molecule has 0 bridgehead atoms. The Morgan fingerprint density at radius 3 is 2.50 bits per heavy atom. The second kappa shape index (κ2) is 7.05. The minimum atomic E-state index is -0.602. The van der Waals surface area contributed by atoms with Crippen LogP contribution in [0.1, 0.15) is 26.2 Å². The van der Waals surface area contributed by atoms with Crippen molar-refractivity contribution in [1.82, 2.24) is 10.4 Å². The van der Waals surface area contributed by atoms with Gasteiger partial charge in [-0.3, -0.25) is 5.43 Å². The molecular weight excluding hydrogens is 212 g/mol. The summed E-state index contributed by atoms with van der Waals surface area (Å²) in [7, 11) is 0. The van der Waals surface area contributed by atoms with Crippen LogP contribution in [0.3, 0.4) is 0 Å². The van der Waals surface area contributed by atoms with Crippen LogP contribution in [0, 0.1) is 0 Å². The topological polar surface area (TPSA) is 67.9 Å². The van der Waals surface area contributed by atoms with Crippen LogP contribution < -0.4 is 5.43 Å². The van der Waals surface area contributed by atoms with Gasteiger partial charge in [-0.25, -0.2) is 14.6 Å². The van der Waals surface area contributed by atoms with Crippen LogP contribution in [0.5, 0.6) is 0 Å². The van der Waals surface area contributed by atoms with Crippen LogP contribution in [-0.4, -0.2) is 43.4 Å². The molecule has 1 heterocycles. The Labute approximate surface area is 94.8 Å². The number of carbonyl (C=O) groups excluding carboxylic acids is 2. The molecule has 1 aliphatic heterocycles. The minimum Gasteiger partial charge on any atom is -0.463 e. The molecule has 92 valence electrons. The van der Waals surface area contributed by atoms with Crippen molar-refractivity contribution in [1.29, 1.82) is 0 Å². The van der Waals surface area contributed by atoms with E-state index in [2.05, 4.69) is 10.2 Å². The Bertz CT molecular complexity index is 239. The van der Waals surface area contributed by atoms with Gasteiger partial charge in [0.15, 0.2) is 6.61 Å². The van der Waals surface area contributed by atoms with Crippen LogP contribution in [0.15, 0.2) is 0 Å². The lowest BCUT2D eigenvalue weighted by atomic mass is 10.2. The van der Waals surface area contributed by atoms with Gasteiger partial charge in [0, 0.05) is 13.1 Å². The Hall–Kier alpha value is -1.30. The molecule has 1 amide bonds. The van der Waals surface area contributed by atoms with Gasteiger partial charge < -0.3 is 9.47 Å². The fourth-order valence-electron chi connectivity index (χ4n) is 1.49. The fourth-order valence-corrected chi connectivity index (χ4v) is 1.49. The van der Waals surface area contributed by atoms with Crippen molar-refractivity contribution in [3.63, 3.8) is 0 Å². The highest BCUT2D eigenvalue weighted by molar-refractivity contribution is 5.75. The third kappa shape index (κ3) is 4.97. The Morgan fingerprint density at radius 1 is 1.19 bits per heavy atom. The standard InChI is InChI=1S/C10H18N2O4/c1-2-15-9(13)8-16-10(14)11-12-6-4-3-5-7-12/h2-8H2,1H3,(H,11,14). The van der Waals surface area contributed by atoms with Crippen LogP contribution in [0.25, 0.3) is 0 Å². The van der Waals surface area contributed by atoms with E-state index in [1.54, 1.807) is 11.9 Å². The van der Waals surface area contributed by atoms with Gasteiger partial charge in [0.2, 0.25) is 0 Å². The average Bonchev–Trinajstić information content (AvgIpc) is 2.28. The number of hydrogen-bond donors (Lipinski definition) is 1. The van der Waals surface area contributed by atoms with Crippen molar-refractivity contribution < 1.29 is 19.1 Å². The molecule has 1 aliphatic rings. The second-order valence-corrected chi connectivity index (χ2v) is 3.54. The van der Waals surface area contributed by atoms with Crippen LogP contribution in [-0.2, 0) is 14.3 Å². The number of amides is 1. The zero-order chi connectivity index (χ0) is 11.8. The van der Waals surface area contributed by atoms with E-state index in [-0.39, 0.29) is 13.2 Å². The van der Waals surface area contributed by atoms with E-state index in [0.29, 0.717) is 0 Å². The lowest BCUT2D eigenvalue weighted by Crippen LogP contribution is -2.45. The molecule has 16 heavy (non-hydrogen) atoms. The van der Waals surface area contributed by atoms with E-state index < -0.39 is 12.1 Å². The molecule has 0 aromatic heterocycles. The lowest BCUT2D eigenvalue weighted by molar-refractivity contribution is -0.146. The van der Waals surface area contributed by atoms with E-state index in [9.17, 15) is 9.59 Å². The zero-order valence-electron chi connectivity index (χ0n) is 9.53. The number of nitrogens with one attached hydrogen (secondary N) is 1. The van der Waals surface area contributed by atoms with Gasteiger partial charge in [0.25, 0.3) is 0 Å². The molecule has 0 unspecified atom stereocenters. The molecule has 0 spiro atoms. The number of hydrazine groups is 1. The summed E-state index contributed by atoms with van der Waals surface area (Å²) in [4.78, 5) is 22.1.